The molecule has 1 fully saturated rings. The van der Waals surface area contributed by atoms with Gasteiger partial charge in [-0.25, -0.2) is 0 Å². The molecule has 1 aromatic carbocycles. The molecule has 3 nitrogen and oxygen atoms in total. The molecule has 1 atom stereocenters. The van der Waals surface area contributed by atoms with Gasteiger partial charge in [0.15, 0.2) is 0 Å². The van der Waals surface area contributed by atoms with E-state index in [1.54, 1.807) is 0 Å². The fourth-order valence-corrected chi connectivity index (χ4v) is 3.24. The highest BCUT2D eigenvalue weighted by atomic mass is 16.2. The van der Waals surface area contributed by atoms with Crippen LogP contribution in [0, 0.1) is 0 Å². The molecule has 0 aromatic heterocycles. The Balaban J connectivity index is 1.62. The highest BCUT2D eigenvalue weighted by Gasteiger charge is 2.26. The standard InChI is InChI=1S/C18H24N2O/c21-18(17-9-5-2-6-12-19-17)20-13-10-16(11-14-20)15-7-3-1-4-8-15/h1,3-4,7-8,10,17,19H,2,5-6,9,11-14H2. The van der Waals surface area contributed by atoms with Gasteiger partial charge < -0.3 is 10.2 Å². The topological polar surface area (TPSA) is 32.3 Å². The molecule has 1 aromatic rings. The molecule has 0 radical (unpaired) electrons. The molecule has 2 aliphatic rings. The Bertz CT molecular complexity index is 501. The lowest BCUT2D eigenvalue weighted by atomic mass is 9.99. The van der Waals surface area contributed by atoms with Crippen LogP contribution in [0.15, 0.2) is 36.4 Å². The number of amides is 1. The van der Waals surface area contributed by atoms with Crippen LogP contribution in [-0.2, 0) is 4.79 Å². The van der Waals surface area contributed by atoms with Crippen molar-refractivity contribution in [2.24, 2.45) is 0 Å². The molecule has 3 heteroatoms. The molecule has 0 aliphatic carbocycles. The number of carbonyl (C=O) groups is 1. The van der Waals surface area contributed by atoms with Crippen LogP contribution in [0.2, 0.25) is 0 Å². The van der Waals surface area contributed by atoms with E-state index in [0.717, 1.165) is 32.5 Å². The maximum Gasteiger partial charge on any atom is 0.239 e. The first-order valence-corrected chi connectivity index (χ1v) is 8.11. The lowest BCUT2D eigenvalue weighted by Crippen LogP contribution is -2.47. The van der Waals surface area contributed by atoms with Gasteiger partial charge in [0, 0.05) is 13.1 Å². The van der Waals surface area contributed by atoms with E-state index >= 15 is 0 Å². The average molecular weight is 284 g/mol. The first kappa shape index (κ1) is 14.3. The van der Waals surface area contributed by atoms with Gasteiger partial charge in [0.1, 0.15) is 0 Å². The molecule has 2 aliphatic heterocycles. The number of carbonyl (C=O) groups excluding carboxylic acids is 1. The number of hydrogen-bond acceptors (Lipinski definition) is 2. The molecule has 1 saturated heterocycles. The lowest BCUT2D eigenvalue weighted by molar-refractivity contribution is -0.133. The molecular formula is C18H24N2O. The van der Waals surface area contributed by atoms with Crippen molar-refractivity contribution in [2.45, 2.75) is 38.1 Å². The predicted octanol–water partition coefficient (Wildman–Crippen LogP) is 2.83. The number of nitrogens with one attached hydrogen (secondary N) is 1. The summed E-state index contributed by atoms with van der Waals surface area (Å²) in [5, 5.41) is 3.41. The second-order valence-corrected chi connectivity index (χ2v) is 5.99. The summed E-state index contributed by atoms with van der Waals surface area (Å²) in [7, 11) is 0. The molecule has 0 spiro atoms. The zero-order valence-corrected chi connectivity index (χ0v) is 12.6. The van der Waals surface area contributed by atoms with Crippen LogP contribution in [0.1, 0.15) is 37.7 Å². The van der Waals surface area contributed by atoms with Crippen molar-refractivity contribution in [3.63, 3.8) is 0 Å². The monoisotopic (exact) mass is 284 g/mol. The average Bonchev–Trinajstić information content (AvgIpc) is 2.84. The Kier molecular flexibility index (Phi) is 4.71. The van der Waals surface area contributed by atoms with Gasteiger partial charge in [0.25, 0.3) is 0 Å². The van der Waals surface area contributed by atoms with Crippen LogP contribution in [0.3, 0.4) is 0 Å². The van der Waals surface area contributed by atoms with Crippen molar-refractivity contribution in [3.8, 4) is 0 Å². The molecule has 1 unspecified atom stereocenters. The van der Waals surface area contributed by atoms with Gasteiger partial charge in [-0.05, 0) is 36.9 Å². The lowest BCUT2D eigenvalue weighted by Gasteiger charge is -2.30. The van der Waals surface area contributed by atoms with Gasteiger partial charge in [-0.1, -0.05) is 49.2 Å². The van der Waals surface area contributed by atoms with Gasteiger partial charge in [0.2, 0.25) is 5.91 Å². The minimum Gasteiger partial charge on any atom is -0.337 e. The largest absolute Gasteiger partial charge is 0.337 e. The SMILES string of the molecule is O=C(C1CCCCCN1)N1CC=C(c2ccccc2)CC1. The van der Waals surface area contributed by atoms with Crippen LogP contribution < -0.4 is 5.32 Å². The Morgan fingerprint density at radius 1 is 1.14 bits per heavy atom. The molecule has 112 valence electrons. The minimum atomic E-state index is 0.0409. The fraction of sp³-hybridized carbons (Fsp3) is 0.500. The van der Waals surface area contributed by atoms with E-state index in [4.69, 9.17) is 0 Å². The van der Waals surface area contributed by atoms with Crippen LogP contribution in [-0.4, -0.2) is 36.5 Å². The maximum atomic E-state index is 12.6. The van der Waals surface area contributed by atoms with E-state index in [1.807, 2.05) is 11.0 Å². The second-order valence-electron chi connectivity index (χ2n) is 5.99. The predicted molar refractivity (Wildman–Crippen MR) is 85.9 cm³/mol. The third-order valence-electron chi connectivity index (χ3n) is 4.52. The molecule has 2 heterocycles. The summed E-state index contributed by atoms with van der Waals surface area (Å²) < 4.78 is 0. The Morgan fingerprint density at radius 3 is 2.76 bits per heavy atom. The van der Waals surface area contributed by atoms with E-state index in [1.165, 1.54) is 30.4 Å². The van der Waals surface area contributed by atoms with Crippen molar-refractivity contribution >= 4 is 11.5 Å². The molecule has 3 rings (SSSR count). The summed E-state index contributed by atoms with van der Waals surface area (Å²) in [6.07, 6.45) is 7.78. The number of nitrogens with zero attached hydrogens (tertiary/aromatic N) is 1. The third kappa shape index (κ3) is 3.53. The van der Waals surface area contributed by atoms with E-state index < -0.39 is 0 Å². The summed E-state index contributed by atoms with van der Waals surface area (Å²) in [5.74, 6) is 0.292. The highest BCUT2D eigenvalue weighted by Crippen LogP contribution is 2.23. The molecule has 1 N–H and O–H groups in total. The quantitative estimate of drug-likeness (QED) is 0.905. The van der Waals surface area contributed by atoms with Crippen LogP contribution >= 0.6 is 0 Å². The third-order valence-corrected chi connectivity index (χ3v) is 4.52. The van der Waals surface area contributed by atoms with Crippen molar-refractivity contribution in [1.29, 1.82) is 0 Å². The molecule has 21 heavy (non-hydrogen) atoms. The normalized spacial score (nSPS) is 23.3. The van der Waals surface area contributed by atoms with Gasteiger partial charge in [-0.2, -0.15) is 0 Å². The van der Waals surface area contributed by atoms with Gasteiger partial charge in [-0.3, -0.25) is 4.79 Å². The van der Waals surface area contributed by atoms with Crippen LogP contribution in [0.5, 0.6) is 0 Å². The smallest absolute Gasteiger partial charge is 0.239 e. The first-order chi connectivity index (χ1) is 10.3. The maximum absolute atomic E-state index is 12.6. The van der Waals surface area contributed by atoms with E-state index in [0.29, 0.717) is 5.91 Å². The number of hydrogen-bond donors (Lipinski definition) is 1. The molecule has 0 bridgehead atoms. The minimum absolute atomic E-state index is 0.0409. The summed E-state index contributed by atoms with van der Waals surface area (Å²) >= 11 is 0. The Hall–Kier alpha value is -1.61. The number of benzene rings is 1. The highest BCUT2D eigenvalue weighted by molar-refractivity contribution is 5.83. The van der Waals surface area contributed by atoms with Crippen molar-refractivity contribution < 1.29 is 4.79 Å². The van der Waals surface area contributed by atoms with Crippen molar-refractivity contribution in [3.05, 3.63) is 42.0 Å². The van der Waals surface area contributed by atoms with E-state index in [9.17, 15) is 4.79 Å². The number of rotatable bonds is 2. The summed E-state index contributed by atoms with van der Waals surface area (Å²) in [5.41, 5.74) is 2.66. The van der Waals surface area contributed by atoms with E-state index in [2.05, 4.69) is 35.7 Å². The van der Waals surface area contributed by atoms with Crippen molar-refractivity contribution in [1.82, 2.24) is 10.2 Å². The van der Waals surface area contributed by atoms with Crippen LogP contribution in [0.25, 0.3) is 5.57 Å². The van der Waals surface area contributed by atoms with Crippen molar-refractivity contribution in [2.75, 3.05) is 19.6 Å². The fourth-order valence-electron chi connectivity index (χ4n) is 3.24. The van der Waals surface area contributed by atoms with Gasteiger partial charge in [-0.15, -0.1) is 0 Å². The summed E-state index contributed by atoms with van der Waals surface area (Å²) in [6.45, 7) is 2.58. The molecular weight excluding hydrogens is 260 g/mol. The zero-order valence-electron chi connectivity index (χ0n) is 12.6. The second kappa shape index (κ2) is 6.90. The Morgan fingerprint density at radius 2 is 2.00 bits per heavy atom. The van der Waals surface area contributed by atoms with Crippen LogP contribution in [0.4, 0.5) is 0 Å². The Labute approximate surface area is 127 Å². The summed E-state index contributed by atoms with van der Waals surface area (Å²) in [4.78, 5) is 14.6. The summed E-state index contributed by atoms with van der Waals surface area (Å²) in [6, 6.07) is 10.5. The van der Waals surface area contributed by atoms with E-state index in [-0.39, 0.29) is 6.04 Å². The van der Waals surface area contributed by atoms with Gasteiger partial charge >= 0.3 is 0 Å². The molecule has 0 saturated carbocycles. The zero-order chi connectivity index (χ0) is 14.5. The molecule has 1 amide bonds. The first-order valence-electron chi connectivity index (χ1n) is 8.11. The van der Waals surface area contributed by atoms with Gasteiger partial charge in [0.05, 0.1) is 6.04 Å².